The van der Waals surface area contributed by atoms with Crippen molar-refractivity contribution in [1.82, 2.24) is 4.98 Å². The largest absolute Gasteiger partial charge is 0.399 e. The minimum atomic E-state index is -0.382. The van der Waals surface area contributed by atoms with E-state index in [4.69, 9.17) is 5.73 Å². The second-order valence-electron chi connectivity index (χ2n) is 4.44. The van der Waals surface area contributed by atoms with Crippen LogP contribution in [0.25, 0.3) is 0 Å². The van der Waals surface area contributed by atoms with Crippen LogP contribution < -0.4 is 10.6 Å². The first kappa shape index (κ1) is 13.7. The van der Waals surface area contributed by atoms with Crippen LogP contribution in [0, 0.1) is 6.92 Å². The summed E-state index contributed by atoms with van der Waals surface area (Å²) in [6.45, 7) is 3.14. The van der Waals surface area contributed by atoms with Crippen LogP contribution in [0.4, 0.5) is 11.4 Å². The molecule has 0 bridgehead atoms. The van der Waals surface area contributed by atoms with E-state index in [1.54, 1.807) is 49.5 Å². The number of carbonyl (C=O) groups excluding carboxylic acids is 2. The van der Waals surface area contributed by atoms with Gasteiger partial charge in [-0.3, -0.25) is 14.6 Å². The highest BCUT2D eigenvalue weighted by atomic mass is 16.2. The first-order valence-corrected chi connectivity index (χ1v) is 6.12. The molecule has 5 nitrogen and oxygen atoms in total. The molecular weight excluding hydrogens is 254 g/mol. The topological polar surface area (TPSA) is 76.3 Å². The highest BCUT2D eigenvalue weighted by molar-refractivity contribution is 6.20. The SMILES string of the molecule is CC(=O)N(C(=O)c1ccnc(C)c1)c1ccc(N)cc1. The number of benzene rings is 1. The van der Waals surface area contributed by atoms with Crippen LogP contribution in [0.2, 0.25) is 0 Å². The zero-order chi connectivity index (χ0) is 14.7. The predicted molar refractivity (Wildman–Crippen MR) is 77.3 cm³/mol. The molecule has 1 aromatic carbocycles. The molecule has 20 heavy (non-hydrogen) atoms. The summed E-state index contributed by atoms with van der Waals surface area (Å²) in [4.78, 5) is 29.4. The molecule has 5 heteroatoms. The van der Waals surface area contributed by atoms with E-state index in [2.05, 4.69) is 4.98 Å². The van der Waals surface area contributed by atoms with E-state index in [0.29, 0.717) is 16.9 Å². The third kappa shape index (κ3) is 2.83. The lowest BCUT2D eigenvalue weighted by atomic mass is 10.2. The molecule has 1 heterocycles. The number of rotatable bonds is 2. The Morgan fingerprint density at radius 3 is 2.35 bits per heavy atom. The smallest absolute Gasteiger partial charge is 0.265 e. The van der Waals surface area contributed by atoms with E-state index in [1.165, 1.54) is 6.92 Å². The van der Waals surface area contributed by atoms with E-state index in [0.717, 1.165) is 10.6 Å². The first-order valence-electron chi connectivity index (χ1n) is 6.12. The third-order valence-corrected chi connectivity index (χ3v) is 2.81. The van der Waals surface area contributed by atoms with Gasteiger partial charge < -0.3 is 5.73 Å². The Bertz CT molecular complexity index is 650. The van der Waals surface area contributed by atoms with Gasteiger partial charge in [-0.15, -0.1) is 0 Å². The monoisotopic (exact) mass is 269 g/mol. The second-order valence-corrected chi connectivity index (χ2v) is 4.44. The van der Waals surface area contributed by atoms with Crippen molar-refractivity contribution in [3.8, 4) is 0 Å². The molecule has 2 amide bonds. The van der Waals surface area contributed by atoms with Gasteiger partial charge in [0.25, 0.3) is 5.91 Å². The Labute approximate surface area is 117 Å². The number of hydrogen-bond donors (Lipinski definition) is 1. The molecule has 0 spiro atoms. The maximum atomic E-state index is 12.5. The van der Waals surface area contributed by atoms with Gasteiger partial charge >= 0.3 is 0 Å². The van der Waals surface area contributed by atoms with Crippen LogP contribution in [-0.4, -0.2) is 16.8 Å². The summed E-state index contributed by atoms with van der Waals surface area (Å²) in [7, 11) is 0. The lowest BCUT2D eigenvalue weighted by Gasteiger charge is -2.19. The van der Waals surface area contributed by atoms with Gasteiger partial charge in [0, 0.05) is 30.1 Å². The van der Waals surface area contributed by atoms with Gasteiger partial charge in [0.15, 0.2) is 0 Å². The fourth-order valence-electron chi connectivity index (χ4n) is 1.87. The number of nitrogens with zero attached hydrogens (tertiary/aromatic N) is 2. The minimum absolute atomic E-state index is 0.353. The second kappa shape index (κ2) is 5.52. The fourth-order valence-corrected chi connectivity index (χ4v) is 1.87. The summed E-state index contributed by atoms with van der Waals surface area (Å²) >= 11 is 0. The maximum absolute atomic E-state index is 12.5. The van der Waals surface area contributed by atoms with Crippen molar-refractivity contribution >= 4 is 23.2 Å². The molecule has 0 fully saturated rings. The van der Waals surface area contributed by atoms with Crippen molar-refractivity contribution in [2.45, 2.75) is 13.8 Å². The molecule has 0 radical (unpaired) electrons. The normalized spacial score (nSPS) is 10.1. The molecule has 0 aliphatic carbocycles. The van der Waals surface area contributed by atoms with E-state index < -0.39 is 0 Å². The van der Waals surface area contributed by atoms with Gasteiger partial charge in [0.2, 0.25) is 5.91 Å². The molecule has 0 saturated heterocycles. The minimum Gasteiger partial charge on any atom is -0.399 e. The van der Waals surface area contributed by atoms with E-state index in [9.17, 15) is 9.59 Å². The summed E-state index contributed by atoms with van der Waals surface area (Å²) in [6, 6.07) is 9.82. The molecule has 2 rings (SSSR count). The Morgan fingerprint density at radius 1 is 1.15 bits per heavy atom. The van der Waals surface area contributed by atoms with Crippen LogP contribution in [0.1, 0.15) is 23.0 Å². The zero-order valence-corrected chi connectivity index (χ0v) is 11.3. The van der Waals surface area contributed by atoms with Crippen molar-refractivity contribution in [1.29, 1.82) is 0 Å². The Kier molecular flexibility index (Phi) is 3.79. The highest BCUT2D eigenvalue weighted by Gasteiger charge is 2.21. The molecule has 0 aliphatic heterocycles. The van der Waals surface area contributed by atoms with Crippen molar-refractivity contribution < 1.29 is 9.59 Å². The summed E-state index contributed by atoms with van der Waals surface area (Å²) in [5, 5.41) is 0. The van der Waals surface area contributed by atoms with Crippen molar-refractivity contribution in [2.24, 2.45) is 0 Å². The molecule has 102 valence electrons. The number of nitrogen functional groups attached to an aromatic ring is 1. The number of nitrogens with two attached hydrogens (primary N) is 1. The Hall–Kier alpha value is -2.69. The van der Waals surface area contributed by atoms with Gasteiger partial charge in [0.1, 0.15) is 0 Å². The first-order chi connectivity index (χ1) is 9.49. The summed E-state index contributed by atoms with van der Waals surface area (Å²) in [5.41, 5.74) is 7.82. The molecule has 0 aliphatic rings. The van der Waals surface area contributed by atoms with Gasteiger partial charge in [-0.05, 0) is 43.3 Å². The standard InChI is InChI=1S/C15H15N3O2/c1-10-9-12(7-8-17-10)15(20)18(11(2)19)14-5-3-13(16)4-6-14/h3-9H,16H2,1-2H3. The van der Waals surface area contributed by atoms with Crippen LogP contribution in [0.3, 0.4) is 0 Å². The summed E-state index contributed by atoms with van der Waals surface area (Å²) in [5.74, 6) is -0.734. The highest BCUT2D eigenvalue weighted by Crippen LogP contribution is 2.19. The van der Waals surface area contributed by atoms with Crippen LogP contribution in [0.5, 0.6) is 0 Å². The Balaban J connectivity index is 2.41. The summed E-state index contributed by atoms with van der Waals surface area (Å²) in [6.07, 6.45) is 1.55. The quantitative estimate of drug-likeness (QED) is 0.848. The molecule has 0 saturated carbocycles. The van der Waals surface area contributed by atoms with Crippen LogP contribution in [0.15, 0.2) is 42.6 Å². The zero-order valence-electron chi connectivity index (χ0n) is 11.3. The van der Waals surface area contributed by atoms with Gasteiger partial charge in [-0.1, -0.05) is 0 Å². The number of aryl methyl sites for hydroxylation is 1. The van der Waals surface area contributed by atoms with Crippen molar-refractivity contribution in [3.05, 3.63) is 53.9 Å². The van der Waals surface area contributed by atoms with Gasteiger partial charge in [-0.25, -0.2) is 4.90 Å². The number of pyridine rings is 1. The Morgan fingerprint density at radius 2 is 1.80 bits per heavy atom. The summed E-state index contributed by atoms with van der Waals surface area (Å²) < 4.78 is 0. The predicted octanol–water partition coefficient (Wildman–Crippen LogP) is 2.17. The number of aromatic nitrogens is 1. The fraction of sp³-hybridized carbons (Fsp3) is 0.133. The van der Waals surface area contributed by atoms with Crippen molar-refractivity contribution in [2.75, 3.05) is 10.6 Å². The van der Waals surface area contributed by atoms with Gasteiger partial charge in [0.05, 0.1) is 5.69 Å². The molecule has 1 aromatic heterocycles. The maximum Gasteiger partial charge on any atom is 0.265 e. The average Bonchev–Trinajstić information content (AvgIpc) is 2.41. The number of imide groups is 1. The van der Waals surface area contributed by atoms with E-state index >= 15 is 0 Å². The molecule has 2 aromatic rings. The molecule has 0 atom stereocenters. The number of hydrogen-bond acceptors (Lipinski definition) is 4. The lowest BCUT2D eigenvalue weighted by molar-refractivity contribution is -0.115. The van der Waals surface area contributed by atoms with Crippen molar-refractivity contribution in [3.63, 3.8) is 0 Å². The van der Waals surface area contributed by atoms with Gasteiger partial charge in [-0.2, -0.15) is 0 Å². The van der Waals surface area contributed by atoms with E-state index in [1.807, 2.05) is 0 Å². The third-order valence-electron chi connectivity index (χ3n) is 2.81. The molecule has 0 unspecified atom stereocenters. The van der Waals surface area contributed by atoms with Crippen LogP contribution in [-0.2, 0) is 4.79 Å². The van der Waals surface area contributed by atoms with Crippen LogP contribution >= 0.6 is 0 Å². The number of anilines is 2. The number of amides is 2. The molecule has 2 N–H and O–H groups in total. The van der Waals surface area contributed by atoms with E-state index in [-0.39, 0.29) is 11.8 Å². The molecular formula is C15H15N3O2. The number of carbonyl (C=O) groups is 2. The lowest BCUT2D eigenvalue weighted by Crippen LogP contribution is -2.35. The average molecular weight is 269 g/mol.